The van der Waals surface area contributed by atoms with Crippen molar-refractivity contribution in [3.8, 4) is 0 Å². The van der Waals surface area contributed by atoms with E-state index in [1.54, 1.807) is 17.0 Å². The van der Waals surface area contributed by atoms with Gasteiger partial charge in [0.15, 0.2) is 0 Å². The van der Waals surface area contributed by atoms with Gasteiger partial charge in [-0.1, -0.05) is 29.5 Å². The molecule has 1 aliphatic rings. The fourth-order valence-electron chi connectivity index (χ4n) is 4.55. The number of ether oxygens (including phenoxy) is 1. The largest absolute Gasteiger partial charge is 0.376 e. The van der Waals surface area contributed by atoms with Crippen molar-refractivity contribution in [2.24, 2.45) is 0 Å². The van der Waals surface area contributed by atoms with Crippen molar-refractivity contribution in [2.75, 3.05) is 13.2 Å². The SMILES string of the molecule is Cc1ccsc1[C@H](C(=O)NC[C@@H]1CCCO1)N(Cc1ccc(F)cc1)C(=O)Cn1nnc2ccccc21. The molecule has 0 unspecified atom stereocenters. The van der Waals surface area contributed by atoms with E-state index in [0.29, 0.717) is 24.2 Å². The van der Waals surface area contributed by atoms with Crippen LogP contribution in [0.4, 0.5) is 4.39 Å². The first-order valence-corrected chi connectivity index (χ1v) is 13.1. The molecule has 10 heteroatoms. The van der Waals surface area contributed by atoms with Crippen molar-refractivity contribution in [2.45, 2.75) is 45.0 Å². The van der Waals surface area contributed by atoms with E-state index >= 15 is 0 Å². The van der Waals surface area contributed by atoms with E-state index in [-0.39, 0.29) is 36.8 Å². The molecule has 2 aromatic carbocycles. The van der Waals surface area contributed by atoms with Crippen LogP contribution in [0.2, 0.25) is 0 Å². The molecule has 5 rings (SSSR count). The fraction of sp³-hybridized carbons (Fsp3) is 0.333. The molecule has 1 N–H and O–H groups in total. The summed E-state index contributed by atoms with van der Waals surface area (Å²) in [4.78, 5) is 29.9. The highest BCUT2D eigenvalue weighted by Crippen LogP contribution is 2.31. The minimum absolute atomic E-state index is 0.0307. The number of fused-ring (bicyclic) bond motifs is 1. The maximum Gasteiger partial charge on any atom is 0.248 e. The number of thiophene rings is 1. The van der Waals surface area contributed by atoms with Crippen LogP contribution < -0.4 is 5.32 Å². The number of carbonyl (C=O) groups excluding carboxylic acids is 2. The standard InChI is InChI=1S/C27H28FN5O3S/c1-18-12-14-37-26(18)25(27(35)29-15-21-5-4-13-36-21)32(16-19-8-10-20(28)11-9-19)24(34)17-33-23-7-3-2-6-22(23)30-31-33/h2-3,6-12,14,21,25H,4-5,13,15-17H2,1H3,(H,29,35)/t21-,25+/m0/s1. The van der Waals surface area contributed by atoms with Gasteiger partial charge in [-0.15, -0.1) is 16.4 Å². The molecule has 8 nitrogen and oxygen atoms in total. The molecular weight excluding hydrogens is 493 g/mol. The molecule has 37 heavy (non-hydrogen) atoms. The highest BCUT2D eigenvalue weighted by Gasteiger charge is 2.34. The first-order chi connectivity index (χ1) is 18.0. The van der Waals surface area contributed by atoms with Gasteiger partial charge in [-0.2, -0.15) is 0 Å². The number of aryl methyl sites for hydroxylation is 1. The van der Waals surface area contributed by atoms with Crippen molar-refractivity contribution in [1.82, 2.24) is 25.2 Å². The summed E-state index contributed by atoms with van der Waals surface area (Å²) in [6.07, 6.45) is 1.83. The van der Waals surface area contributed by atoms with Gasteiger partial charge < -0.3 is 15.0 Å². The second-order valence-corrected chi connectivity index (χ2v) is 10.1. The molecule has 2 amide bonds. The zero-order chi connectivity index (χ0) is 25.8. The summed E-state index contributed by atoms with van der Waals surface area (Å²) in [7, 11) is 0. The van der Waals surface area contributed by atoms with E-state index in [1.165, 1.54) is 28.2 Å². The summed E-state index contributed by atoms with van der Waals surface area (Å²) in [6, 6.07) is 14.4. The average molecular weight is 522 g/mol. The van der Waals surface area contributed by atoms with Crippen LogP contribution in [0, 0.1) is 12.7 Å². The van der Waals surface area contributed by atoms with Crippen molar-refractivity contribution in [3.05, 3.63) is 81.8 Å². The summed E-state index contributed by atoms with van der Waals surface area (Å²) in [6.45, 7) is 3.03. The van der Waals surface area contributed by atoms with E-state index in [9.17, 15) is 14.0 Å². The van der Waals surface area contributed by atoms with E-state index < -0.39 is 6.04 Å². The van der Waals surface area contributed by atoms with Gasteiger partial charge in [0.1, 0.15) is 23.9 Å². The van der Waals surface area contributed by atoms with Crippen LogP contribution in [0.1, 0.15) is 34.9 Å². The molecular formula is C27H28FN5O3S. The number of nitrogens with zero attached hydrogens (tertiary/aromatic N) is 4. The van der Waals surface area contributed by atoms with Gasteiger partial charge in [0.2, 0.25) is 11.8 Å². The number of para-hydroxylation sites is 1. The monoisotopic (exact) mass is 521 g/mol. The second-order valence-electron chi connectivity index (χ2n) is 9.13. The Bertz CT molecular complexity index is 1380. The molecule has 3 heterocycles. The third-order valence-electron chi connectivity index (χ3n) is 6.53. The van der Waals surface area contributed by atoms with Crippen molar-refractivity contribution >= 4 is 34.2 Å². The van der Waals surface area contributed by atoms with E-state index in [1.807, 2.05) is 42.6 Å². The molecule has 4 aromatic rings. The van der Waals surface area contributed by atoms with Gasteiger partial charge in [0.05, 0.1) is 11.6 Å². The van der Waals surface area contributed by atoms with E-state index in [4.69, 9.17) is 4.74 Å². The molecule has 0 spiro atoms. The number of hydrogen-bond donors (Lipinski definition) is 1. The van der Waals surface area contributed by atoms with Crippen LogP contribution in [0.15, 0.2) is 60.0 Å². The second kappa shape index (κ2) is 11.2. The van der Waals surface area contributed by atoms with Crippen LogP contribution in [0.25, 0.3) is 11.0 Å². The Balaban J connectivity index is 1.48. The summed E-state index contributed by atoms with van der Waals surface area (Å²) < 4.78 is 20.8. The zero-order valence-electron chi connectivity index (χ0n) is 20.5. The van der Waals surface area contributed by atoms with Crippen LogP contribution in [0.3, 0.4) is 0 Å². The predicted molar refractivity (Wildman–Crippen MR) is 138 cm³/mol. The van der Waals surface area contributed by atoms with Gasteiger partial charge in [-0.25, -0.2) is 9.07 Å². The number of nitrogens with one attached hydrogen (secondary N) is 1. The molecule has 0 saturated carbocycles. The lowest BCUT2D eigenvalue weighted by Gasteiger charge is -2.31. The molecule has 0 bridgehead atoms. The van der Waals surface area contributed by atoms with Crippen molar-refractivity contribution < 1.29 is 18.7 Å². The Morgan fingerprint density at radius 3 is 2.76 bits per heavy atom. The van der Waals surface area contributed by atoms with Crippen LogP contribution in [-0.2, 0) is 27.4 Å². The minimum atomic E-state index is -0.867. The van der Waals surface area contributed by atoms with Gasteiger partial charge in [-0.3, -0.25) is 9.59 Å². The fourth-order valence-corrected chi connectivity index (χ4v) is 5.58. The van der Waals surface area contributed by atoms with Gasteiger partial charge in [0, 0.05) is 24.6 Å². The number of hydrogen-bond acceptors (Lipinski definition) is 6. The summed E-state index contributed by atoms with van der Waals surface area (Å²) in [5.74, 6) is -0.944. The minimum Gasteiger partial charge on any atom is -0.376 e. The first kappa shape index (κ1) is 25.0. The molecule has 0 aliphatic carbocycles. The topological polar surface area (TPSA) is 89.4 Å². The number of aromatic nitrogens is 3. The Kier molecular flexibility index (Phi) is 7.57. The Hall–Kier alpha value is -3.63. The Labute approximate surface area is 218 Å². The number of rotatable bonds is 9. The number of halogens is 1. The maximum absolute atomic E-state index is 13.9. The lowest BCUT2D eigenvalue weighted by Crippen LogP contribution is -2.46. The van der Waals surface area contributed by atoms with Crippen molar-refractivity contribution in [3.63, 3.8) is 0 Å². The lowest BCUT2D eigenvalue weighted by atomic mass is 10.1. The maximum atomic E-state index is 13.9. The smallest absolute Gasteiger partial charge is 0.248 e. The first-order valence-electron chi connectivity index (χ1n) is 12.2. The summed E-state index contributed by atoms with van der Waals surface area (Å²) in [5.41, 5.74) is 3.04. The molecule has 2 aromatic heterocycles. The highest BCUT2D eigenvalue weighted by atomic mass is 32.1. The van der Waals surface area contributed by atoms with E-state index in [2.05, 4.69) is 15.6 Å². The molecule has 192 valence electrons. The number of amides is 2. The van der Waals surface area contributed by atoms with Crippen LogP contribution in [-0.4, -0.2) is 51.0 Å². The third-order valence-corrected chi connectivity index (χ3v) is 7.60. The van der Waals surface area contributed by atoms with Crippen LogP contribution in [0.5, 0.6) is 0 Å². The quantitative estimate of drug-likeness (QED) is 0.360. The highest BCUT2D eigenvalue weighted by molar-refractivity contribution is 7.10. The molecule has 1 saturated heterocycles. The number of carbonyl (C=O) groups is 2. The number of benzene rings is 2. The zero-order valence-corrected chi connectivity index (χ0v) is 21.3. The van der Waals surface area contributed by atoms with Gasteiger partial charge in [-0.05, 0) is 66.6 Å². The predicted octanol–water partition coefficient (Wildman–Crippen LogP) is 4.01. The van der Waals surface area contributed by atoms with Crippen LogP contribution >= 0.6 is 11.3 Å². The molecule has 0 radical (unpaired) electrons. The summed E-state index contributed by atoms with van der Waals surface area (Å²) >= 11 is 1.43. The molecule has 1 aliphatic heterocycles. The van der Waals surface area contributed by atoms with Gasteiger partial charge in [0.25, 0.3) is 0 Å². The average Bonchev–Trinajstić information content (AvgIpc) is 3.66. The molecule has 1 fully saturated rings. The Morgan fingerprint density at radius 2 is 2.03 bits per heavy atom. The third kappa shape index (κ3) is 5.70. The van der Waals surface area contributed by atoms with Gasteiger partial charge >= 0.3 is 0 Å². The lowest BCUT2D eigenvalue weighted by molar-refractivity contribution is -0.142. The Morgan fingerprint density at radius 1 is 1.22 bits per heavy atom. The van der Waals surface area contributed by atoms with Crippen molar-refractivity contribution in [1.29, 1.82) is 0 Å². The molecule has 2 atom stereocenters. The normalized spacial score (nSPS) is 16.1. The van der Waals surface area contributed by atoms with E-state index in [0.717, 1.165) is 28.8 Å². The summed E-state index contributed by atoms with van der Waals surface area (Å²) in [5, 5.41) is 13.2.